The van der Waals surface area contributed by atoms with Crippen molar-refractivity contribution in [2.24, 2.45) is 0 Å². The van der Waals surface area contributed by atoms with Crippen LogP contribution in [-0.2, 0) is 6.54 Å². The van der Waals surface area contributed by atoms with E-state index in [0.29, 0.717) is 12.0 Å². The Kier molecular flexibility index (Phi) is 3.48. The Morgan fingerprint density at radius 2 is 2.14 bits per heavy atom. The number of hydrogen-bond donors (Lipinski definition) is 0. The highest BCUT2D eigenvalue weighted by Crippen LogP contribution is 2.36. The topological polar surface area (TPSA) is 21.1 Å². The molecule has 0 radical (unpaired) electrons. The molecule has 0 bridgehead atoms. The van der Waals surface area contributed by atoms with Crippen molar-refractivity contribution in [3.8, 4) is 0 Å². The van der Waals surface area contributed by atoms with Crippen LogP contribution in [0.3, 0.4) is 0 Å². The van der Waals surface area contributed by atoms with E-state index < -0.39 is 0 Å². The first-order chi connectivity index (χ1) is 10.3. The van der Waals surface area contributed by atoms with E-state index in [9.17, 15) is 0 Å². The van der Waals surface area contributed by atoms with Crippen LogP contribution in [0.5, 0.6) is 0 Å². The largest absolute Gasteiger partial charge is 0.331 e. The lowest BCUT2D eigenvalue weighted by atomic mass is 9.99. The number of aromatic nitrogens is 2. The lowest BCUT2D eigenvalue weighted by Gasteiger charge is -2.17. The highest BCUT2D eigenvalue weighted by Gasteiger charge is 2.28. The molecule has 3 nitrogen and oxygen atoms in total. The van der Waals surface area contributed by atoms with Crippen molar-refractivity contribution in [2.45, 2.75) is 37.8 Å². The van der Waals surface area contributed by atoms with E-state index in [0.717, 1.165) is 24.7 Å². The maximum Gasteiger partial charge on any atom is 0.123 e. The molecular weight excluding hydrogens is 282 g/mol. The fraction of sp³-hybridized carbons (Fsp3) is 0.471. The number of halogens is 1. The molecule has 1 aromatic carbocycles. The first kappa shape index (κ1) is 13.4. The number of nitrogens with zero attached hydrogens (tertiary/aromatic N) is 3. The molecule has 0 unspecified atom stereocenters. The van der Waals surface area contributed by atoms with Gasteiger partial charge in [0.15, 0.2) is 0 Å². The molecule has 0 amide bonds. The van der Waals surface area contributed by atoms with Gasteiger partial charge >= 0.3 is 0 Å². The fourth-order valence-corrected chi connectivity index (χ4v) is 3.56. The average Bonchev–Trinajstić information content (AvgIpc) is 3.04. The van der Waals surface area contributed by atoms with Crippen LogP contribution < -0.4 is 0 Å². The summed E-state index contributed by atoms with van der Waals surface area (Å²) in [5.74, 6) is 1.83. The summed E-state index contributed by atoms with van der Waals surface area (Å²) >= 11 is 6.11. The second-order valence-electron chi connectivity index (χ2n) is 6.26. The maximum atomic E-state index is 6.11. The Balaban J connectivity index is 1.43. The summed E-state index contributed by atoms with van der Waals surface area (Å²) in [4.78, 5) is 7.07. The van der Waals surface area contributed by atoms with Crippen molar-refractivity contribution < 1.29 is 0 Å². The smallest absolute Gasteiger partial charge is 0.123 e. The van der Waals surface area contributed by atoms with Gasteiger partial charge in [0.1, 0.15) is 5.82 Å². The van der Waals surface area contributed by atoms with Crippen LogP contribution >= 0.6 is 11.6 Å². The van der Waals surface area contributed by atoms with E-state index in [1.54, 1.807) is 0 Å². The molecule has 1 aliphatic heterocycles. The molecule has 1 atom stereocenters. The molecule has 110 valence electrons. The summed E-state index contributed by atoms with van der Waals surface area (Å²) in [6.07, 6.45) is 7.92. The molecule has 2 aliphatic rings. The molecule has 1 aromatic heterocycles. The highest BCUT2D eigenvalue weighted by molar-refractivity contribution is 6.30. The van der Waals surface area contributed by atoms with Gasteiger partial charge in [0.25, 0.3) is 0 Å². The predicted octanol–water partition coefficient (Wildman–Crippen LogP) is 3.86. The van der Waals surface area contributed by atoms with E-state index in [1.807, 2.05) is 12.3 Å². The van der Waals surface area contributed by atoms with E-state index in [2.05, 4.69) is 38.8 Å². The molecule has 4 rings (SSSR count). The number of rotatable bonds is 4. The summed E-state index contributed by atoms with van der Waals surface area (Å²) in [5.41, 5.74) is 1.37. The number of hydrogen-bond acceptors (Lipinski definition) is 2. The minimum Gasteiger partial charge on any atom is -0.331 e. The van der Waals surface area contributed by atoms with Gasteiger partial charge < -0.3 is 4.57 Å². The molecule has 1 saturated heterocycles. The summed E-state index contributed by atoms with van der Waals surface area (Å²) in [7, 11) is 0. The normalized spacial score (nSPS) is 22.8. The van der Waals surface area contributed by atoms with Gasteiger partial charge in [0, 0.05) is 30.0 Å². The second kappa shape index (κ2) is 5.47. The third-order valence-corrected chi connectivity index (χ3v) is 4.88. The zero-order valence-electron chi connectivity index (χ0n) is 12.1. The van der Waals surface area contributed by atoms with Crippen LogP contribution in [0.4, 0.5) is 0 Å². The Morgan fingerprint density at radius 3 is 2.95 bits per heavy atom. The van der Waals surface area contributed by atoms with E-state index in [1.165, 1.54) is 30.7 Å². The molecule has 2 aromatic rings. The quantitative estimate of drug-likeness (QED) is 0.855. The van der Waals surface area contributed by atoms with Crippen LogP contribution in [0, 0.1) is 0 Å². The van der Waals surface area contributed by atoms with Crippen LogP contribution in [-0.4, -0.2) is 27.5 Å². The van der Waals surface area contributed by atoms with Gasteiger partial charge in [0.2, 0.25) is 0 Å². The third kappa shape index (κ3) is 2.85. The van der Waals surface area contributed by atoms with Gasteiger partial charge in [0.05, 0.1) is 6.54 Å². The van der Waals surface area contributed by atoms with Gasteiger partial charge in [-0.2, -0.15) is 0 Å². The van der Waals surface area contributed by atoms with Crippen molar-refractivity contribution >= 4 is 11.6 Å². The van der Waals surface area contributed by atoms with Crippen LogP contribution in [0.2, 0.25) is 5.02 Å². The van der Waals surface area contributed by atoms with Gasteiger partial charge in [-0.15, -0.1) is 0 Å². The molecule has 4 heteroatoms. The van der Waals surface area contributed by atoms with Crippen LogP contribution in [0.1, 0.15) is 42.6 Å². The Morgan fingerprint density at radius 1 is 1.24 bits per heavy atom. The maximum absolute atomic E-state index is 6.11. The van der Waals surface area contributed by atoms with Crippen molar-refractivity contribution in [3.05, 3.63) is 53.1 Å². The SMILES string of the molecule is Clc1cccc([C@@H]2CCN(Cc3nccn3C3CC3)C2)c1. The zero-order chi connectivity index (χ0) is 14.2. The monoisotopic (exact) mass is 301 g/mol. The molecule has 2 heterocycles. The third-order valence-electron chi connectivity index (χ3n) is 4.65. The molecule has 1 saturated carbocycles. The van der Waals surface area contributed by atoms with E-state index in [4.69, 9.17) is 11.6 Å². The molecular formula is C17H20ClN3. The van der Waals surface area contributed by atoms with Crippen molar-refractivity contribution in [2.75, 3.05) is 13.1 Å². The van der Waals surface area contributed by atoms with Gasteiger partial charge in [-0.1, -0.05) is 23.7 Å². The van der Waals surface area contributed by atoms with Crippen LogP contribution in [0.25, 0.3) is 0 Å². The van der Waals surface area contributed by atoms with Crippen molar-refractivity contribution in [1.29, 1.82) is 0 Å². The number of imidazole rings is 1. The zero-order valence-corrected chi connectivity index (χ0v) is 12.8. The predicted molar refractivity (Wildman–Crippen MR) is 84.6 cm³/mol. The molecule has 21 heavy (non-hydrogen) atoms. The summed E-state index contributed by atoms with van der Waals surface area (Å²) in [5, 5.41) is 0.843. The van der Waals surface area contributed by atoms with Gasteiger partial charge in [-0.3, -0.25) is 4.90 Å². The first-order valence-corrected chi connectivity index (χ1v) is 8.17. The molecule has 0 N–H and O–H groups in total. The Bertz CT molecular complexity index is 632. The minimum absolute atomic E-state index is 0.605. The second-order valence-corrected chi connectivity index (χ2v) is 6.69. The van der Waals surface area contributed by atoms with Crippen molar-refractivity contribution in [3.63, 3.8) is 0 Å². The van der Waals surface area contributed by atoms with Crippen LogP contribution in [0.15, 0.2) is 36.7 Å². The lowest BCUT2D eigenvalue weighted by Crippen LogP contribution is -2.22. The number of benzene rings is 1. The Hall–Kier alpha value is -1.32. The van der Waals surface area contributed by atoms with E-state index >= 15 is 0 Å². The standard InChI is InChI=1S/C17H20ClN3/c18-15-3-1-2-13(10-15)14-6-8-20(11-14)12-17-19-7-9-21(17)16-4-5-16/h1-3,7,9-10,14,16H,4-6,8,11-12H2/t14-/m1/s1. The lowest BCUT2D eigenvalue weighted by molar-refractivity contribution is 0.312. The highest BCUT2D eigenvalue weighted by atomic mass is 35.5. The minimum atomic E-state index is 0.605. The fourth-order valence-electron chi connectivity index (χ4n) is 3.36. The Labute approximate surface area is 130 Å². The molecule has 0 spiro atoms. The number of likely N-dealkylation sites (tertiary alicyclic amines) is 1. The summed E-state index contributed by atoms with van der Waals surface area (Å²) in [6.45, 7) is 3.23. The summed E-state index contributed by atoms with van der Waals surface area (Å²) < 4.78 is 2.37. The van der Waals surface area contributed by atoms with Crippen molar-refractivity contribution in [1.82, 2.24) is 14.5 Å². The molecule has 1 aliphatic carbocycles. The van der Waals surface area contributed by atoms with Gasteiger partial charge in [-0.25, -0.2) is 4.98 Å². The molecule has 2 fully saturated rings. The van der Waals surface area contributed by atoms with E-state index in [-0.39, 0.29) is 0 Å². The summed E-state index contributed by atoms with van der Waals surface area (Å²) in [6, 6.07) is 9.03. The first-order valence-electron chi connectivity index (χ1n) is 7.79. The van der Waals surface area contributed by atoms with Gasteiger partial charge in [-0.05, 0) is 49.4 Å². The average molecular weight is 302 g/mol.